The average Bonchev–Trinajstić information content (AvgIpc) is 3.27. The average molecular weight is 486 g/mol. The number of hydrogen-bond acceptors (Lipinski definition) is 4. The number of anilines is 2. The highest BCUT2D eigenvalue weighted by Crippen LogP contribution is 2.27. The van der Waals surface area contributed by atoms with Gasteiger partial charge >= 0.3 is 0 Å². The van der Waals surface area contributed by atoms with Crippen molar-refractivity contribution < 1.29 is 19.1 Å². The van der Waals surface area contributed by atoms with Crippen molar-refractivity contribution in [2.24, 2.45) is 5.92 Å². The van der Waals surface area contributed by atoms with Gasteiger partial charge in [0.05, 0.1) is 5.92 Å². The molecule has 1 aliphatic heterocycles. The number of aryl methyl sites for hydroxylation is 2. The number of carbonyl (C=O) groups excluding carboxylic acids is 3. The fourth-order valence-corrected chi connectivity index (χ4v) is 4.14. The molecule has 1 saturated heterocycles. The zero-order valence-electron chi connectivity index (χ0n) is 20.6. The van der Waals surface area contributed by atoms with Gasteiger partial charge in [-0.2, -0.15) is 0 Å². The van der Waals surface area contributed by atoms with E-state index in [9.17, 15) is 14.4 Å². The Morgan fingerprint density at radius 1 is 0.972 bits per heavy atom. The maximum Gasteiger partial charge on any atom is 0.262 e. The van der Waals surface area contributed by atoms with Gasteiger partial charge in [0.1, 0.15) is 5.75 Å². The normalized spacial score (nSPS) is 15.0. The van der Waals surface area contributed by atoms with Gasteiger partial charge in [-0.05, 0) is 73.4 Å². The lowest BCUT2D eigenvalue weighted by Gasteiger charge is -2.17. The minimum Gasteiger partial charge on any atom is -0.484 e. The first-order valence-electron chi connectivity index (χ1n) is 12.1. The Morgan fingerprint density at radius 2 is 1.72 bits per heavy atom. The Morgan fingerprint density at radius 3 is 2.44 bits per heavy atom. The summed E-state index contributed by atoms with van der Waals surface area (Å²) in [5, 5.41) is 5.78. The molecule has 186 valence electrons. The Kier molecular flexibility index (Phi) is 8.00. The van der Waals surface area contributed by atoms with E-state index in [4.69, 9.17) is 4.74 Å². The molecule has 0 saturated carbocycles. The SMILES string of the molecule is Cc1ccc(NC(=O)COc2ccc(N3CC(C(=O)NCCc4ccccc4)CC3=O)cc2)cc1C. The monoisotopic (exact) mass is 485 g/mol. The summed E-state index contributed by atoms with van der Waals surface area (Å²) < 4.78 is 5.60. The van der Waals surface area contributed by atoms with Crippen molar-refractivity contribution in [1.82, 2.24) is 5.32 Å². The summed E-state index contributed by atoms with van der Waals surface area (Å²) in [5.41, 5.74) is 4.86. The van der Waals surface area contributed by atoms with Crippen LogP contribution in [0.2, 0.25) is 0 Å². The molecule has 3 amide bonds. The molecule has 1 aliphatic rings. The number of amides is 3. The van der Waals surface area contributed by atoms with Crippen LogP contribution in [0.15, 0.2) is 72.8 Å². The first-order valence-corrected chi connectivity index (χ1v) is 12.1. The summed E-state index contributed by atoms with van der Waals surface area (Å²) in [5.74, 6) is -0.288. The molecular formula is C29H31N3O4. The van der Waals surface area contributed by atoms with Gasteiger partial charge in [0.15, 0.2) is 6.61 Å². The summed E-state index contributed by atoms with van der Waals surface area (Å²) >= 11 is 0. The van der Waals surface area contributed by atoms with Crippen molar-refractivity contribution in [3.8, 4) is 5.75 Å². The van der Waals surface area contributed by atoms with E-state index < -0.39 is 0 Å². The zero-order chi connectivity index (χ0) is 25.5. The number of hydrogen-bond donors (Lipinski definition) is 2. The summed E-state index contributed by atoms with van der Waals surface area (Å²) in [4.78, 5) is 39.0. The lowest BCUT2D eigenvalue weighted by Crippen LogP contribution is -2.34. The minimum atomic E-state index is -0.377. The van der Waals surface area contributed by atoms with E-state index >= 15 is 0 Å². The highest BCUT2D eigenvalue weighted by atomic mass is 16.5. The number of ether oxygens (including phenoxy) is 1. The van der Waals surface area contributed by atoms with Crippen LogP contribution in [0, 0.1) is 19.8 Å². The van der Waals surface area contributed by atoms with Gasteiger partial charge in [-0.25, -0.2) is 0 Å². The van der Waals surface area contributed by atoms with E-state index in [1.807, 2.05) is 62.4 Å². The van der Waals surface area contributed by atoms with Crippen molar-refractivity contribution in [2.45, 2.75) is 26.7 Å². The smallest absolute Gasteiger partial charge is 0.262 e. The maximum absolute atomic E-state index is 12.6. The molecule has 1 heterocycles. The van der Waals surface area contributed by atoms with E-state index in [0.717, 1.165) is 28.8 Å². The molecule has 0 spiro atoms. The predicted molar refractivity (Wildman–Crippen MR) is 140 cm³/mol. The second-order valence-electron chi connectivity index (χ2n) is 9.06. The first-order chi connectivity index (χ1) is 17.4. The second kappa shape index (κ2) is 11.5. The molecule has 3 aromatic rings. The standard InChI is InChI=1S/C29H31N3O4/c1-20-8-9-24(16-21(20)2)31-27(33)19-36-26-12-10-25(11-13-26)32-18-23(17-28(32)34)29(35)30-15-14-22-6-4-3-5-7-22/h3-13,16,23H,14-15,17-19H2,1-2H3,(H,30,35)(H,31,33). The van der Waals surface area contributed by atoms with Crippen LogP contribution in [0.4, 0.5) is 11.4 Å². The fraction of sp³-hybridized carbons (Fsp3) is 0.276. The highest BCUT2D eigenvalue weighted by Gasteiger charge is 2.34. The number of nitrogens with zero attached hydrogens (tertiary/aromatic N) is 1. The van der Waals surface area contributed by atoms with Crippen LogP contribution >= 0.6 is 0 Å². The molecular weight excluding hydrogens is 454 g/mol. The molecule has 0 bridgehead atoms. The number of rotatable bonds is 9. The third-order valence-corrected chi connectivity index (χ3v) is 6.36. The van der Waals surface area contributed by atoms with E-state index in [0.29, 0.717) is 24.5 Å². The van der Waals surface area contributed by atoms with Crippen LogP contribution < -0.4 is 20.3 Å². The van der Waals surface area contributed by atoms with Gasteiger partial charge in [-0.15, -0.1) is 0 Å². The Balaban J connectivity index is 1.24. The van der Waals surface area contributed by atoms with Gasteiger partial charge in [0.2, 0.25) is 11.8 Å². The van der Waals surface area contributed by atoms with Gasteiger partial charge < -0.3 is 20.3 Å². The van der Waals surface area contributed by atoms with Crippen LogP contribution in [0.3, 0.4) is 0 Å². The van der Waals surface area contributed by atoms with Crippen molar-refractivity contribution in [3.05, 3.63) is 89.5 Å². The van der Waals surface area contributed by atoms with Gasteiger partial charge in [-0.3, -0.25) is 14.4 Å². The van der Waals surface area contributed by atoms with Crippen LogP contribution in [-0.2, 0) is 20.8 Å². The molecule has 2 N–H and O–H groups in total. The molecule has 3 aromatic carbocycles. The van der Waals surface area contributed by atoms with Gasteiger partial charge in [0.25, 0.3) is 5.91 Å². The van der Waals surface area contributed by atoms with Gasteiger partial charge in [-0.1, -0.05) is 36.4 Å². The Labute approximate surface area is 211 Å². The van der Waals surface area contributed by atoms with Crippen LogP contribution in [0.25, 0.3) is 0 Å². The van der Waals surface area contributed by atoms with Gasteiger partial charge in [0, 0.05) is 30.9 Å². The van der Waals surface area contributed by atoms with E-state index in [2.05, 4.69) is 10.6 Å². The van der Waals surface area contributed by atoms with Crippen molar-refractivity contribution in [1.29, 1.82) is 0 Å². The predicted octanol–water partition coefficient (Wildman–Crippen LogP) is 4.03. The van der Waals surface area contributed by atoms with Crippen LogP contribution in [-0.4, -0.2) is 37.4 Å². The highest BCUT2D eigenvalue weighted by molar-refractivity contribution is 6.00. The quantitative estimate of drug-likeness (QED) is 0.479. The van der Waals surface area contributed by atoms with Crippen molar-refractivity contribution >= 4 is 29.1 Å². The lowest BCUT2D eigenvalue weighted by atomic mass is 10.1. The first kappa shape index (κ1) is 25.0. The number of benzene rings is 3. The topological polar surface area (TPSA) is 87.7 Å². The maximum atomic E-state index is 12.6. The summed E-state index contributed by atoms with van der Waals surface area (Å²) in [7, 11) is 0. The molecule has 36 heavy (non-hydrogen) atoms. The van der Waals surface area contributed by atoms with Crippen LogP contribution in [0.5, 0.6) is 5.75 Å². The third-order valence-electron chi connectivity index (χ3n) is 6.36. The van der Waals surface area contributed by atoms with E-state index in [1.165, 1.54) is 0 Å². The minimum absolute atomic E-state index is 0.0837. The lowest BCUT2D eigenvalue weighted by molar-refractivity contribution is -0.126. The molecule has 1 atom stereocenters. The van der Waals surface area contributed by atoms with Crippen molar-refractivity contribution in [3.63, 3.8) is 0 Å². The molecule has 4 rings (SSSR count). The van der Waals surface area contributed by atoms with Crippen molar-refractivity contribution in [2.75, 3.05) is 29.9 Å². The molecule has 7 nitrogen and oxygen atoms in total. The molecule has 1 fully saturated rings. The molecule has 1 unspecified atom stereocenters. The Bertz CT molecular complexity index is 1230. The molecule has 0 aliphatic carbocycles. The molecule has 7 heteroatoms. The fourth-order valence-electron chi connectivity index (χ4n) is 4.14. The number of carbonyl (C=O) groups is 3. The largest absolute Gasteiger partial charge is 0.484 e. The van der Waals surface area contributed by atoms with E-state index in [1.54, 1.807) is 29.2 Å². The third kappa shape index (κ3) is 6.50. The summed E-state index contributed by atoms with van der Waals surface area (Å²) in [6, 6.07) is 22.7. The zero-order valence-corrected chi connectivity index (χ0v) is 20.6. The summed E-state index contributed by atoms with van der Waals surface area (Å²) in [6.07, 6.45) is 0.940. The second-order valence-corrected chi connectivity index (χ2v) is 9.06. The Hall–Kier alpha value is -4.13. The number of nitrogens with one attached hydrogen (secondary N) is 2. The molecule has 0 aromatic heterocycles. The molecule has 0 radical (unpaired) electrons. The van der Waals surface area contributed by atoms with Crippen LogP contribution in [0.1, 0.15) is 23.1 Å². The summed E-state index contributed by atoms with van der Waals surface area (Å²) in [6.45, 7) is 4.77. The van der Waals surface area contributed by atoms with E-state index in [-0.39, 0.29) is 36.7 Å².